The second kappa shape index (κ2) is 4.86. The summed E-state index contributed by atoms with van der Waals surface area (Å²) in [7, 11) is 1.90. The van der Waals surface area contributed by atoms with Crippen molar-refractivity contribution in [2.24, 2.45) is 13.0 Å². The van der Waals surface area contributed by atoms with Gasteiger partial charge in [-0.1, -0.05) is 31.0 Å². The van der Waals surface area contributed by atoms with E-state index >= 15 is 0 Å². The number of aliphatic carboxylic acids is 1. The van der Waals surface area contributed by atoms with Crippen molar-refractivity contribution in [1.82, 2.24) is 14.8 Å². The summed E-state index contributed by atoms with van der Waals surface area (Å²) in [5.74, 6) is 0.932. The number of hydrogen-bond donors (Lipinski definition) is 1. The molecule has 1 aliphatic carbocycles. The summed E-state index contributed by atoms with van der Waals surface area (Å²) in [5, 5.41) is 17.4. The Kier molecular flexibility index (Phi) is 3.48. The van der Waals surface area contributed by atoms with Crippen molar-refractivity contribution in [3.8, 4) is 0 Å². The zero-order valence-corrected chi connectivity index (χ0v) is 10.0. The molecule has 6 heteroatoms. The molecule has 0 spiro atoms. The topological polar surface area (TPSA) is 68.0 Å². The number of nitrogens with zero attached hydrogens (tertiary/aromatic N) is 3. The molecule has 0 atom stereocenters. The quantitative estimate of drug-likeness (QED) is 0.788. The summed E-state index contributed by atoms with van der Waals surface area (Å²) >= 11 is 1.22. The molecule has 1 saturated carbocycles. The summed E-state index contributed by atoms with van der Waals surface area (Å²) in [5.41, 5.74) is 0. The lowest BCUT2D eigenvalue weighted by atomic mass is 9.83. The van der Waals surface area contributed by atoms with Crippen molar-refractivity contribution >= 4 is 17.7 Å². The van der Waals surface area contributed by atoms with Crippen molar-refractivity contribution in [2.75, 3.05) is 5.75 Å². The lowest BCUT2D eigenvalue weighted by Crippen LogP contribution is -2.16. The molecule has 1 heterocycles. The molecular formula is C10H15N3O2S. The molecule has 0 unspecified atom stereocenters. The third kappa shape index (κ3) is 2.55. The van der Waals surface area contributed by atoms with Gasteiger partial charge in [0.15, 0.2) is 5.16 Å². The van der Waals surface area contributed by atoms with E-state index in [4.69, 9.17) is 5.11 Å². The van der Waals surface area contributed by atoms with Gasteiger partial charge >= 0.3 is 5.97 Å². The van der Waals surface area contributed by atoms with Gasteiger partial charge in [-0.05, 0) is 5.92 Å². The Morgan fingerprint density at radius 1 is 1.56 bits per heavy atom. The minimum atomic E-state index is -0.825. The molecule has 0 aromatic carbocycles. The summed E-state index contributed by atoms with van der Waals surface area (Å²) < 4.78 is 1.91. The van der Waals surface area contributed by atoms with Gasteiger partial charge in [-0.3, -0.25) is 4.79 Å². The maximum Gasteiger partial charge on any atom is 0.313 e. The van der Waals surface area contributed by atoms with Crippen LogP contribution in [0.2, 0.25) is 0 Å². The van der Waals surface area contributed by atoms with Gasteiger partial charge in [-0.15, -0.1) is 10.2 Å². The Morgan fingerprint density at radius 2 is 2.31 bits per heavy atom. The van der Waals surface area contributed by atoms with Gasteiger partial charge in [-0.2, -0.15) is 0 Å². The van der Waals surface area contributed by atoms with Crippen LogP contribution in [0.3, 0.4) is 0 Å². The summed E-state index contributed by atoms with van der Waals surface area (Å²) in [6.07, 6.45) is 4.86. The van der Waals surface area contributed by atoms with Crippen LogP contribution in [0.25, 0.3) is 0 Å². The monoisotopic (exact) mass is 241 g/mol. The highest BCUT2D eigenvalue weighted by molar-refractivity contribution is 7.99. The lowest BCUT2D eigenvalue weighted by molar-refractivity contribution is -0.133. The minimum absolute atomic E-state index is 0.0371. The van der Waals surface area contributed by atoms with Crippen LogP contribution in [0, 0.1) is 5.92 Å². The summed E-state index contributed by atoms with van der Waals surface area (Å²) in [4.78, 5) is 10.4. The van der Waals surface area contributed by atoms with Crippen LogP contribution in [-0.4, -0.2) is 31.6 Å². The first-order chi connectivity index (χ1) is 7.66. The normalized spacial score (nSPS) is 16.1. The number of rotatable bonds is 5. The Labute approximate surface area is 98.3 Å². The molecular weight excluding hydrogens is 226 g/mol. The smallest absolute Gasteiger partial charge is 0.313 e. The van der Waals surface area contributed by atoms with Gasteiger partial charge < -0.3 is 9.67 Å². The number of carbonyl (C=O) groups is 1. The number of aromatic nitrogens is 3. The Hall–Kier alpha value is -1.04. The molecule has 2 rings (SSSR count). The van der Waals surface area contributed by atoms with Gasteiger partial charge in [0.25, 0.3) is 0 Å². The molecule has 1 aromatic heterocycles. The average molecular weight is 241 g/mol. The molecule has 88 valence electrons. The standard InChI is InChI=1S/C10H15N3O2S/c1-13-8(5-7-3-2-4-7)11-12-10(13)16-6-9(14)15/h7H,2-6H2,1H3,(H,14,15). The highest BCUT2D eigenvalue weighted by atomic mass is 32.2. The maximum atomic E-state index is 10.4. The van der Waals surface area contributed by atoms with Gasteiger partial charge in [-0.25, -0.2) is 0 Å². The molecule has 5 nitrogen and oxygen atoms in total. The summed E-state index contributed by atoms with van der Waals surface area (Å²) in [6, 6.07) is 0. The van der Waals surface area contributed by atoms with E-state index in [1.165, 1.54) is 31.0 Å². The SMILES string of the molecule is Cn1c(CC2CCC2)nnc1SCC(=O)O. The second-order valence-corrected chi connectivity index (χ2v) is 5.08. The van der Waals surface area contributed by atoms with Crippen LogP contribution in [0.5, 0.6) is 0 Å². The maximum absolute atomic E-state index is 10.4. The van der Waals surface area contributed by atoms with Crippen LogP contribution in [0.15, 0.2) is 5.16 Å². The molecule has 1 aliphatic rings. The van der Waals surface area contributed by atoms with Gasteiger partial charge in [0.05, 0.1) is 5.75 Å². The van der Waals surface area contributed by atoms with Crippen molar-refractivity contribution in [2.45, 2.75) is 30.8 Å². The van der Waals surface area contributed by atoms with E-state index < -0.39 is 5.97 Å². The zero-order valence-electron chi connectivity index (χ0n) is 9.22. The van der Waals surface area contributed by atoms with Crippen LogP contribution in [0.1, 0.15) is 25.1 Å². The number of carboxylic acids is 1. The average Bonchev–Trinajstić information content (AvgIpc) is 2.51. The Balaban J connectivity index is 1.96. The molecule has 0 bridgehead atoms. The minimum Gasteiger partial charge on any atom is -0.481 e. The highest BCUT2D eigenvalue weighted by Gasteiger charge is 2.21. The van der Waals surface area contributed by atoms with Gasteiger partial charge in [0, 0.05) is 13.5 Å². The van der Waals surface area contributed by atoms with Crippen molar-refractivity contribution < 1.29 is 9.90 Å². The fourth-order valence-electron chi connectivity index (χ4n) is 1.73. The highest BCUT2D eigenvalue weighted by Crippen LogP contribution is 2.29. The van der Waals surface area contributed by atoms with Crippen molar-refractivity contribution in [3.63, 3.8) is 0 Å². The van der Waals surface area contributed by atoms with Gasteiger partial charge in [0.2, 0.25) is 0 Å². The molecule has 1 N–H and O–H groups in total. The van der Waals surface area contributed by atoms with E-state index in [9.17, 15) is 4.79 Å². The molecule has 1 fully saturated rings. The molecule has 0 saturated heterocycles. The van der Waals surface area contributed by atoms with E-state index in [0.717, 1.165) is 18.2 Å². The fraction of sp³-hybridized carbons (Fsp3) is 0.700. The van der Waals surface area contributed by atoms with Gasteiger partial charge in [0.1, 0.15) is 5.82 Å². The Morgan fingerprint density at radius 3 is 2.88 bits per heavy atom. The van der Waals surface area contributed by atoms with E-state index in [-0.39, 0.29) is 5.75 Å². The third-order valence-electron chi connectivity index (χ3n) is 2.95. The van der Waals surface area contributed by atoms with E-state index in [2.05, 4.69) is 10.2 Å². The zero-order chi connectivity index (χ0) is 11.5. The van der Waals surface area contributed by atoms with Crippen LogP contribution in [-0.2, 0) is 18.3 Å². The number of thioether (sulfide) groups is 1. The van der Waals surface area contributed by atoms with Crippen LogP contribution >= 0.6 is 11.8 Å². The first-order valence-electron chi connectivity index (χ1n) is 5.39. The van der Waals surface area contributed by atoms with Crippen molar-refractivity contribution in [1.29, 1.82) is 0 Å². The molecule has 0 amide bonds. The lowest BCUT2D eigenvalue weighted by Gasteiger charge is -2.24. The molecule has 16 heavy (non-hydrogen) atoms. The third-order valence-corrected chi connectivity index (χ3v) is 3.95. The first kappa shape index (κ1) is 11.4. The number of hydrogen-bond acceptors (Lipinski definition) is 4. The largest absolute Gasteiger partial charge is 0.481 e. The Bertz CT molecular complexity index is 387. The number of carboxylic acid groups (broad SMARTS) is 1. The molecule has 0 radical (unpaired) electrons. The fourth-order valence-corrected chi connectivity index (χ4v) is 2.38. The first-order valence-corrected chi connectivity index (χ1v) is 6.38. The molecule has 1 aromatic rings. The van der Waals surface area contributed by atoms with E-state index in [0.29, 0.717) is 5.16 Å². The van der Waals surface area contributed by atoms with Crippen LogP contribution in [0.4, 0.5) is 0 Å². The van der Waals surface area contributed by atoms with Crippen LogP contribution < -0.4 is 0 Å². The predicted octanol–water partition coefficient (Wildman–Crippen LogP) is 1.33. The second-order valence-electron chi connectivity index (χ2n) is 4.14. The van der Waals surface area contributed by atoms with E-state index in [1.807, 2.05) is 11.6 Å². The van der Waals surface area contributed by atoms with Crippen molar-refractivity contribution in [3.05, 3.63) is 5.82 Å². The van der Waals surface area contributed by atoms with E-state index in [1.54, 1.807) is 0 Å². The molecule has 0 aliphatic heterocycles. The predicted molar refractivity (Wildman–Crippen MR) is 60.4 cm³/mol. The summed E-state index contributed by atoms with van der Waals surface area (Å²) in [6.45, 7) is 0.